The molecule has 0 aliphatic heterocycles. The van der Waals surface area contributed by atoms with Crippen LogP contribution in [-0.2, 0) is 12.8 Å². The smallest absolute Gasteiger partial charge is 0.0345 e. The molecule has 0 aliphatic carbocycles. The van der Waals surface area contributed by atoms with Crippen molar-refractivity contribution in [1.29, 1.82) is 0 Å². The van der Waals surface area contributed by atoms with Gasteiger partial charge in [0.2, 0.25) is 0 Å². The third-order valence-electron chi connectivity index (χ3n) is 22.6. The normalized spacial score (nSPS) is 11.0. The summed E-state index contributed by atoms with van der Waals surface area (Å²) in [6, 6.07) is 115. The Hall–Kier alpha value is -13.7. The molecule has 20 N–H and O–H groups in total. The third kappa shape index (κ3) is 23.4. The molecule has 0 heterocycles. The molecule has 0 saturated carbocycles. The number of anilines is 10. The molecule has 0 aliphatic rings. The lowest BCUT2D eigenvalue weighted by Gasteiger charge is -2.24. The highest BCUT2D eigenvalue weighted by Gasteiger charge is 2.25. The van der Waals surface area contributed by atoms with Gasteiger partial charge in [-0.3, -0.25) is 0 Å². The van der Waals surface area contributed by atoms with Gasteiger partial charge in [0.15, 0.2) is 0 Å². The van der Waals surface area contributed by atoms with Crippen molar-refractivity contribution in [3.63, 3.8) is 0 Å². The average Bonchev–Trinajstić information content (AvgIpc) is 0.800. The highest BCUT2D eigenvalue weighted by molar-refractivity contribution is 5.60. The molecule has 0 amide bonds. The highest BCUT2D eigenvalue weighted by Crippen LogP contribution is 2.41. The monoisotopic (exact) mass is 1580 g/mol. The number of nitrogens with two attached hydrogens (primary N) is 10. The Morgan fingerprint density at radius 2 is 0.408 bits per heavy atom. The minimum Gasteiger partial charge on any atom is -0.399 e. The van der Waals surface area contributed by atoms with Gasteiger partial charge in [-0.25, -0.2) is 0 Å². The molecule has 0 aromatic heterocycles. The molecule has 0 unspecified atom stereocenters. The number of hydrogen-bond acceptors (Lipinski definition) is 10. The Bertz CT molecular complexity index is 5480. The van der Waals surface area contributed by atoms with Gasteiger partial charge in [-0.05, 0) is 324 Å². The predicted octanol–water partition coefficient (Wildman–Crippen LogP) is 24.9. The molecule has 0 spiro atoms. The first kappa shape index (κ1) is 87.1. The fraction of sp³-hybridized carbons (Fsp3) is 0.182. The van der Waals surface area contributed by atoms with Crippen LogP contribution in [-0.4, -0.2) is 0 Å². The summed E-state index contributed by atoms with van der Waals surface area (Å²) < 4.78 is 0. The Balaban J connectivity index is 0.000000147. The van der Waals surface area contributed by atoms with Crippen LogP contribution in [0.15, 0.2) is 334 Å². The molecule has 15 rings (SSSR count). The quantitative estimate of drug-likeness (QED) is 0.0255. The first-order valence-electron chi connectivity index (χ1n) is 41.7. The van der Waals surface area contributed by atoms with Crippen LogP contribution < -0.4 is 57.3 Å². The Morgan fingerprint density at radius 3 is 0.675 bits per heavy atom. The summed E-state index contributed by atoms with van der Waals surface area (Å²) in [5.41, 5.74) is 98.7. The van der Waals surface area contributed by atoms with Gasteiger partial charge >= 0.3 is 0 Å². The van der Waals surface area contributed by atoms with Crippen molar-refractivity contribution in [3.8, 4) is 0 Å². The Kier molecular flexibility index (Phi) is 30.1. The van der Waals surface area contributed by atoms with Crippen LogP contribution in [0.4, 0.5) is 56.9 Å². The SMILES string of the molecule is CCCCc1ccc(C(c2ccc(N)cc2)c2ccc(N)cc2)cc1.CCCc1ccc(C(c2ccc(N)cc2)c2ccc(N)cc2)cc1.Cc1cc(C)c(C(c2ccc(N)cc2)c2ccc(N)cc2)c(C)c1.Cc1cc(C)c(C(c2ccc(N)cc2)c2ccc(N)cc2)cc1C.Cc1ccc(C(c2ccc(N)cc2)c2ccc(N)cc2)c(C)c1. The van der Waals surface area contributed by atoms with Crippen molar-refractivity contribution >= 4 is 56.9 Å². The second-order valence-corrected chi connectivity index (χ2v) is 32.1. The van der Waals surface area contributed by atoms with Crippen LogP contribution >= 0.6 is 0 Å². The lowest BCUT2D eigenvalue weighted by Crippen LogP contribution is -2.08. The maximum absolute atomic E-state index is 5.89. The lowest BCUT2D eigenvalue weighted by atomic mass is 9.80. The second kappa shape index (κ2) is 41.4. The van der Waals surface area contributed by atoms with Crippen LogP contribution in [0.1, 0.15) is 202 Å². The summed E-state index contributed by atoms with van der Waals surface area (Å²) in [6.45, 7) is 21.8. The summed E-state index contributed by atoms with van der Waals surface area (Å²) in [7, 11) is 0. The van der Waals surface area contributed by atoms with Crippen LogP contribution in [0.5, 0.6) is 0 Å². The molecule has 0 atom stereocenters. The number of aryl methyl sites for hydroxylation is 10. The van der Waals surface area contributed by atoms with Gasteiger partial charge in [0.25, 0.3) is 0 Å². The van der Waals surface area contributed by atoms with Crippen LogP contribution in [0, 0.1) is 55.4 Å². The van der Waals surface area contributed by atoms with Crippen LogP contribution in [0.25, 0.3) is 0 Å². The highest BCUT2D eigenvalue weighted by atomic mass is 14.6. The molecule has 0 radical (unpaired) electrons. The van der Waals surface area contributed by atoms with E-state index in [1.54, 1.807) is 0 Å². The molecule has 10 heteroatoms. The first-order chi connectivity index (χ1) is 57.8. The van der Waals surface area contributed by atoms with E-state index in [0.29, 0.717) is 0 Å². The van der Waals surface area contributed by atoms with Crippen molar-refractivity contribution in [2.75, 3.05) is 57.3 Å². The van der Waals surface area contributed by atoms with Gasteiger partial charge in [-0.15, -0.1) is 0 Å². The van der Waals surface area contributed by atoms with Gasteiger partial charge < -0.3 is 57.3 Å². The molecule has 120 heavy (non-hydrogen) atoms. The van der Waals surface area contributed by atoms with Gasteiger partial charge in [0.05, 0.1) is 0 Å². The van der Waals surface area contributed by atoms with E-state index < -0.39 is 0 Å². The largest absolute Gasteiger partial charge is 0.399 e. The lowest BCUT2D eigenvalue weighted by molar-refractivity contribution is 0.794. The molecule has 0 fully saturated rings. The average molecular weight is 1580 g/mol. The second-order valence-electron chi connectivity index (χ2n) is 32.1. The number of rotatable bonds is 20. The topological polar surface area (TPSA) is 260 Å². The van der Waals surface area contributed by atoms with Crippen molar-refractivity contribution in [2.45, 2.75) is 131 Å². The molecule has 0 saturated heterocycles. The van der Waals surface area contributed by atoms with Crippen LogP contribution in [0.3, 0.4) is 0 Å². The fourth-order valence-corrected chi connectivity index (χ4v) is 16.2. The third-order valence-corrected chi connectivity index (χ3v) is 22.6. The maximum Gasteiger partial charge on any atom is 0.0345 e. The summed E-state index contributed by atoms with van der Waals surface area (Å²) in [5.74, 6) is 0.886. The first-order valence-corrected chi connectivity index (χ1v) is 41.7. The molecule has 15 aromatic carbocycles. The summed E-state index contributed by atoms with van der Waals surface area (Å²) in [5, 5.41) is 0. The molecular weight excluding hydrogens is 1460 g/mol. The number of nitrogen functional groups attached to an aromatic ring is 10. The minimum atomic E-state index is 0.172. The number of unbranched alkanes of at least 4 members (excludes halogenated alkanes) is 1. The zero-order valence-electron chi connectivity index (χ0n) is 71.5. The fourth-order valence-electron chi connectivity index (χ4n) is 16.2. The molecule has 610 valence electrons. The Labute approximate surface area is 713 Å². The Morgan fingerprint density at radius 1 is 0.183 bits per heavy atom. The summed E-state index contributed by atoms with van der Waals surface area (Å²) in [4.78, 5) is 0. The standard InChI is InChI=1S/C23H26N2.3C22H24N2.C21H22N2/c1-2-3-4-17-5-7-18(8-6-17)23(19-9-13-21(24)14-10-19)20-11-15-22(25)16-12-20;1-14-12-16(3)21(13-15(14)2)22(17-4-8-19(23)9-5-17)18-6-10-20(24)11-7-18;1-14-12-15(2)21(16(3)13-14)22(17-4-8-19(23)9-5-17)18-6-10-20(24)11-7-18;1-2-3-16-4-6-17(7-5-16)22(18-8-12-20(23)13-9-18)19-10-14-21(24)15-11-19;1-14-3-12-20(15(2)13-14)21(16-4-8-18(22)9-5-16)17-6-10-19(23)11-7-17/h5-16,23H,2-4,24-25H2,1H3;2*4-13,22H,23-24H2,1-3H3;4-15,22H,2-3,23-24H2,1H3;3-13,21H,22-23H2,1-2H3. The van der Waals surface area contributed by atoms with Crippen molar-refractivity contribution in [2.24, 2.45) is 0 Å². The van der Waals surface area contributed by atoms with Gasteiger partial charge in [-0.2, -0.15) is 0 Å². The van der Waals surface area contributed by atoms with E-state index in [1.807, 2.05) is 121 Å². The van der Waals surface area contributed by atoms with E-state index >= 15 is 0 Å². The molecule has 0 bridgehead atoms. The van der Waals surface area contributed by atoms with Gasteiger partial charge in [0.1, 0.15) is 0 Å². The number of benzene rings is 15. The van der Waals surface area contributed by atoms with Crippen LogP contribution in [0.2, 0.25) is 0 Å². The predicted molar refractivity (Wildman–Crippen MR) is 516 cm³/mol. The van der Waals surface area contributed by atoms with Gasteiger partial charge in [0, 0.05) is 86.5 Å². The van der Waals surface area contributed by atoms with E-state index in [-0.39, 0.29) is 29.6 Å². The van der Waals surface area contributed by atoms with E-state index in [2.05, 4.69) is 282 Å². The van der Waals surface area contributed by atoms with Gasteiger partial charge in [-0.1, -0.05) is 250 Å². The van der Waals surface area contributed by atoms with E-state index in [1.165, 1.54) is 158 Å². The molecule has 10 nitrogen and oxygen atoms in total. The van der Waals surface area contributed by atoms with E-state index in [0.717, 1.165) is 69.7 Å². The number of hydrogen-bond donors (Lipinski definition) is 10. The summed E-state index contributed by atoms with van der Waals surface area (Å²) in [6.07, 6.45) is 5.89. The van der Waals surface area contributed by atoms with Crippen molar-refractivity contribution in [1.82, 2.24) is 0 Å². The van der Waals surface area contributed by atoms with E-state index in [9.17, 15) is 0 Å². The van der Waals surface area contributed by atoms with E-state index in [4.69, 9.17) is 57.3 Å². The zero-order chi connectivity index (χ0) is 85.5. The molecular formula is C110H120N10. The minimum absolute atomic E-state index is 0.172. The van der Waals surface area contributed by atoms with Crippen molar-refractivity contribution < 1.29 is 0 Å². The maximum atomic E-state index is 5.89. The molecule has 15 aromatic rings. The summed E-state index contributed by atoms with van der Waals surface area (Å²) >= 11 is 0. The van der Waals surface area contributed by atoms with Crippen molar-refractivity contribution in [3.05, 3.63) is 473 Å². The zero-order valence-corrected chi connectivity index (χ0v) is 71.5.